The molecule has 0 bridgehead atoms. The largest absolute Gasteiger partial charge is 0.395 e. The van der Waals surface area contributed by atoms with E-state index in [1.54, 1.807) is 11.3 Å². The fourth-order valence-electron chi connectivity index (χ4n) is 1.61. The predicted molar refractivity (Wildman–Crippen MR) is 89.4 cm³/mol. The molecule has 4 heteroatoms. The lowest BCUT2D eigenvalue weighted by molar-refractivity contribution is 0.305. The van der Waals surface area contributed by atoms with E-state index in [0.29, 0.717) is 6.42 Å². The molecule has 0 spiro atoms. The highest BCUT2D eigenvalue weighted by atomic mass is 35.5. The van der Waals surface area contributed by atoms with Crippen molar-refractivity contribution in [3.63, 3.8) is 0 Å². The standard InChI is InChI=1S/C16H15ClOS2/c17-16-7-2-1-5-13(16)11-19-12-15-9-8-14(20-15)6-3-4-10-18/h1-2,5,7-9,18H,4,10-12H2. The third-order valence-electron chi connectivity index (χ3n) is 2.57. The second kappa shape index (κ2) is 8.39. The first-order valence-electron chi connectivity index (χ1n) is 6.29. The Morgan fingerprint density at radius 2 is 2.00 bits per heavy atom. The number of rotatable bonds is 5. The lowest BCUT2D eigenvalue weighted by Crippen LogP contribution is -1.82. The Morgan fingerprint density at radius 1 is 1.15 bits per heavy atom. The molecule has 1 aromatic heterocycles. The number of halogens is 1. The summed E-state index contributed by atoms with van der Waals surface area (Å²) < 4.78 is 0. The van der Waals surface area contributed by atoms with E-state index in [2.05, 4.69) is 24.0 Å². The van der Waals surface area contributed by atoms with E-state index in [4.69, 9.17) is 16.7 Å². The zero-order chi connectivity index (χ0) is 14.2. The van der Waals surface area contributed by atoms with Crippen molar-refractivity contribution in [3.8, 4) is 11.8 Å². The average Bonchev–Trinajstić information content (AvgIpc) is 2.89. The smallest absolute Gasteiger partial charge is 0.0771 e. The van der Waals surface area contributed by atoms with Gasteiger partial charge in [0.25, 0.3) is 0 Å². The predicted octanol–water partition coefficient (Wildman–Crippen LogP) is 4.57. The number of thiophene rings is 1. The van der Waals surface area contributed by atoms with E-state index in [0.717, 1.165) is 21.4 Å². The van der Waals surface area contributed by atoms with E-state index in [1.807, 2.05) is 36.0 Å². The van der Waals surface area contributed by atoms with Gasteiger partial charge < -0.3 is 5.11 Å². The number of thioether (sulfide) groups is 1. The summed E-state index contributed by atoms with van der Waals surface area (Å²) in [6.45, 7) is 0.124. The first kappa shape index (κ1) is 15.5. The molecule has 104 valence electrons. The van der Waals surface area contributed by atoms with Crippen molar-refractivity contribution in [2.75, 3.05) is 6.61 Å². The van der Waals surface area contributed by atoms with Gasteiger partial charge in [0.15, 0.2) is 0 Å². The lowest BCUT2D eigenvalue weighted by Gasteiger charge is -2.02. The molecule has 0 fully saturated rings. The van der Waals surface area contributed by atoms with Crippen molar-refractivity contribution >= 4 is 34.7 Å². The molecule has 0 atom stereocenters. The van der Waals surface area contributed by atoms with Crippen molar-refractivity contribution in [3.05, 3.63) is 56.7 Å². The van der Waals surface area contributed by atoms with Gasteiger partial charge in [0.1, 0.15) is 0 Å². The Morgan fingerprint density at radius 3 is 2.80 bits per heavy atom. The summed E-state index contributed by atoms with van der Waals surface area (Å²) in [6, 6.07) is 12.1. The molecule has 20 heavy (non-hydrogen) atoms. The van der Waals surface area contributed by atoms with Crippen molar-refractivity contribution in [1.82, 2.24) is 0 Å². The van der Waals surface area contributed by atoms with E-state index in [-0.39, 0.29) is 6.61 Å². The molecule has 1 aromatic carbocycles. The van der Waals surface area contributed by atoms with Gasteiger partial charge in [-0.2, -0.15) is 11.8 Å². The molecule has 1 heterocycles. The van der Waals surface area contributed by atoms with Gasteiger partial charge in [-0.05, 0) is 23.8 Å². The molecule has 0 radical (unpaired) electrons. The maximum Gasteiger partial charge on any atom is 0.0771 e. The Hall–Kier alpha value is -0.920. The summed E-state index contributed by atoms with van der Waals surface area (Å²) in [7, 11) is 0. The van der Waals surface area contributed by atoms with Crippen LogP contribution in [0.5, 0.6) is 0 Å². The molecular formula is C16H15ClOS2. The van der Waals surface area contributed by atoms with Crippen LogP contribution in [0.1, 0.15) is 21.7 Å². The van der Waals surface area contributed by atoms with E-state index in [1.165, 1.54) is 10.4 Å². The van der Waals surface area contributed by atoms with Gasteiger partial charge in [-0.3, -0.25) is 0 Å². The highest BCUT2D eigenvalue weighted by Gasteiger charge is 2.01. The maximum absolute atomic E-state index is 8.68. The zero-order valence-electron chi connectivity index (χ0n) is 10.9. The summed E-state index contributed by atoms with van der Waals surface area (Å²) >= 11 is 9.70. The monoisotopic (exact) mass is 322 g/mol. The van der Waals surface area contributed by atoms with Gasteiger partial charge in [0.05, 0.1) is 11.5 Å². The maximum atomic E-state index is 8.68. The van der Waals surface area contributed by atoms with Crippen LogP contribution in [0.25, 0.3) is 0 Å². The Labute approximate surface area is 133 Å². The van der Waals surface area contributed by atoms with Crippen LogP contribution < -0.4 is 0 Å². The number of aliphatic hydroxyl groups excluding tert-OH is 1. The summed E-state index contributed by atoms with van der Waals surface area (Å²) in [5.74, 6) is 7.89. The first-order chi connectivity index (χ1) is 9.79. The Balaban J connectivity index is 1.83. The number of benzene rings is 1. The average molecular weight is 323 g/mol. The second-order valence-electron chi connectivity index (χ2n) is 4.13. The molecule has 1 nitrogen and oxygen atoms in total. The van der Waals surface area contributed by atoms with Crippen molar-refractivity contribution in [2.24, 2.45) is 0 Å². The van der Waals surface area contributed by atoms with Crippen LogP contribution in [0.4, 0.5) is 0 Å². The molecule has 2 rings (SSSR count). The Bertz CT molecular complexity index is 610. The van der Waals surface area contributed by atoms with Crippen LogP contribution in [-0.4, -0.2) is 11.7 Å². The highest BCUT2D eigenvalue weighted by Crippen LogP contribution is 2.26. The van der Waals surface area contributed by atoms with Gasteiger partial charge in [-0.15, -0.1) is 11.3 Å². The van der Waals surface area contributed by atoms with Crippen LogP contribution in [-0.2, 0) is 11.5 Å². The van der Waals surface area contributed by atoms with Gasteiger partial charge in [-0.25, -0.2) is 0 Å². The molecule has 0 saturated carbocycles. The van der Waals surface area contributed by atoms with Crippen LogP contribution in [0.2, 0.25) is 5.02 Å². The van der Waals surface area contributed by atoms with Crippen LogP contribution in [0.15, 0.2) is 36.4 Å². The molecule has 0 aliphatic heterocycles. The molecule has 0 aliphatic rings. The third-order valence-corrected chi connectivity index (χ3v) is 5.15. The molecule has 0 saturated heterocycles. The minimum Gasteiger partial charge on any atom is -0.395 e. The Kier molecular flexibility index (Phi) is 6.49. The minimum atomic E-state index is 0.124. The van der Waals surface area contributed by atoms with Gasteiger partial charge in [0.2, 0.25) is 0 Å². The molecule has 0 unspecified atom stereocenters. The van der Waals surface area contributed by atoms with Crippen molar-refractivity contribution < 1.29 is 5.11 Å². The molecule has 0 aliphatic carbocycles. The van der Waals surface area contributed by atoms with E-state index < -0.39 is 0 Å². The summed E-state index contributed by atoms with van der Waals surface area (Å²) in [5.41, 5.74) is 1.18. The topological polar surface area (TPSA) is 20.2 Å². The minimum absolute atomic E-state index is 0.124. The summed E-state index contributed by atoms with van der Waals surface area (Å²) in [6.07, 6.45) is 0.536. The lowest BCUT2D eigenvalue weighted by atomic mass is 10.2. The van der Waals surface area contributed by atoms with Gasteiger partial charge in [-0.1, -0.05) is 41.6 Å². The van der Waals surface area contributed by atoms with E-state index >= 15 is 0 Å². The molecule has 0 amide bonds. The quantitative estimate of drug-likeness (QED) is 0.814. The molecular weight excluding hydrogens is 308 g/mol. The molecule has 1 N–H and O–H groups in total. The number of hydrogen-bond acceptors (Lipinski definition) is 3. The van der Waals surface area contributed by atoms with Crippen LogP contribution in [0, 0.1) is 11.8 Å². The number of hydrogen-bond donors (Lipinski definition) is 1. The summed E-state index contributed by atoms with van der Waals surface area (Å²) in [4.78, 5) is 2.38. The van der Waals surface area contributed by atoms with Crippen molar-refractivity contribution in [2.45, 2.75) is 17.9 Å². The van der Waals surface area contributed by atoms with Crippen LogP contribution >= 0.6 is 34.7 Å². The second-order valence-corrected chi connectivity index (χ2v) is 6.69. The third kappa shape index (κ3) is 4.88. The fourth-order valence-corrected chi connectivity index (χ4v) is 3.92. The van der Waals surface area contributed by atoms with Gasteiger partial charge >= 0.3 is 0 Å². The first-order valence-corrected chi connectivity index (χ1v) is 8.64. The summed E-state index contributed by atoms with van der Waals surface area (Å²) in [5, 5.41) is 9.52. The SMILES string of the molecule is OCCC#Cc1ccc(CSCc2ccccc2Cl)s1. The zero-order valence-corrected chi connectivity index (χ0v) is 13.3. The van der Waals surface area contributed by atoms with Crippen molar-refractivity contribution in [1.29, 1.82) is 0 Å². The number of aliphatic hydroxyl groups is 1. The highest BCUT2D eigenvalue weighted by molar-refractivity contribution is 7.97. The molecule has 2 aromatic rings. The van der Waals surface area contributed by atoms with Crippen LogP contribution in [0.3, 0.4) is 0 Å². The normalized spacial score (nSPS) is 10.1. The van der Waals surface area contributed by atoms with Gasteiger partial charge in [0, 0.05) is 27.8 Å². The fraction of sp³-hybridized carbons (Fsp3) is 0.250. The van der Waals surface area contributed by atoms with E-state index in [9.17, 15) is 0 Å².